The van der Waals surface area contributed by atoms with Crippen molar-refractivity contribution in [2.75, 3.05) is 13.1 Å². The molecule has 2 heterocycles. The average molecular weight is 490 g/mol. The number of benzene rings is 3. The number of carbonyl (C=O) groups is 1. The number of likely N-dealkylation sites (tertiary alicyclic amines) is 1. The topological polar surface area (TPSA) is 37.3 Å². The molecule has 1 fully saturated rings. The molecule has 1 N–H and O–H groups in total. The third kappa shape index (κ3) is 5.42. The molecule has 0 unspecified atom stereocenters. The molecule has 6 heteroatoms. The highest BCUT2D eigenvalue weighted by atomic mass is 35.5. The van der Waals surface area contributed by atoms with Gasteiger partial charge in [-0.15, -0.1) is 0 Å². The van der Waals surface area contributed by atoms with Crippen LogP contribution in [0.15, 0.2) is 78.9 Å². The maximum absolute atomic E-state index is 13.8. The summed E-state index contributed by atoms with van der Waals surface area (Å²) >= 11 is 6.47. The summed E-state index contributed by atoms with van der Waals surface area (Å²) in [6.07, 6.45) is 1.60. The molecule has 1 aromatic heterocycles. The zero-order valence-electron chi connectivity index (χ0n) is 19.6. The van der Waals surface area contributed by atoms with Crippen molar-refractivity contribution in [3.05, 3.63) is 107 Å². The number of halogens is 2. The van der Waals surface area contributed by atoms with E-state index >= 15 is 0 Å². The number of fused-ring (bicyclic) bond motifs is 1. The fourth-order valence-corrected chi connectivity index (χ4v) is 5.13. The highest BCUT2D eigenvalue weighted by Gasteiger charge is 2.26. The zero-order valence-corrected chi connectivity index (χ0v) is 20.3. The Hall–Kier alpha value is -3.15. The van der Waals surface area contributed by atoms with Crippen molar-refractivity contribution in [3.63, 3.8) is 0 Å². The van der Waals surface area contributed by atoms with E-state index < -0.39 is 0 Å². The molecule has 1 aliphatic rings. The molecule has 1 aliphatic heterocycles. The molecule has 0 radical (unpaired) electrons. The smallest absolute Gasteiger partial charge is 0.223 e. The van der Waals surface area contributed by atoms with E-state index in [4.69, 9.17) is 11.6 Å². The van der Waals surface area contributed by atoms with Gasteiger partial charge in [-0.05, 0) is 61.1 Å². The van der Waals surface area contributed by atoms with Crippen molar-refractivity contribution in [2.45, 2.75) is 32.5 Å². The summed E-state index contributed by atoms with van der Waals surface area (Å²) < 4.78 is 16.2. The Bertz CT molecular complexity index is 1330. The normalized spacial score (nSPS) is 14.9. The summed E-state index contributed by atoms with van der Waals surface area (Å²) in [5.74, 6) is -0.303. The van der Waals surface area contributed by atoms with E-state index in [9.17, 15) is 9.18 Å². The molecule has 35 heavy (non-hydrogen) atoms. The van der Waals surface area contributed by atoms with Gasteiger partial charge in [-0.25, -0.2) is 4.39 Å². The van der Waals surface area contributed by atoms with Crippen LogP contribution in [0.1, 0.15) is 29.7 Å². The van der Waals surface area contributed by atoms with Crippen LogP contribution in [0.3, 0.4) is 0 Å². The zero-order chi connectivity index (χ0) is 24.2. The van der Waals surface area contributed by atoms with Gasteiger partial charge in [-0.3, -0.25) is 9.69 Å². The Labute approximate surface area is 210 Å². The van der Waals surface area contributed by atoms with Crippen LogP contribution < -0.4 is 5.32 Å². The van der Waals surface area contributed by atoms with Crippen LogP contribution in [-0.4, -0.2) is 28.5 Å². The van der Waals surface area contributed by atoms with Gasteiger partial charge < -0.3 is 9.88 Å². The lowest BCUT2D eigenvalue weighted by atomic mass is 9.95. The SMILES string of the molecule is O=C(NCc1ccccc1F)C1CCN(Cc2cc3ccccc3n2Cc2ccccc2Cl)CC1. The molecule has 0 saturated carbocycles. The quantitative estimate of drug-likeness (QED) is 0.345. The first-order chi connectivity index (χ1) is 17.1. The summed E-state index contributed by atoms with van der Waals surface area (Å²) in [4.78, 5) is 15.1. The summed E-state index contributed by atoms with van der Waals surface area (Å²) in [6, 6.07) is 25.3. The molecule has 0 bridgehead atoms. The minimum atomic E-state index is -0.283. The van der Waals surface area contributed by atoms with Gasteiger partial charge in [0.15, 0.2) is 0 Å². The number of para-hydroxylation sites is 1. The number of rotatable bonds is 7. The minimum Gasteiger partial charge on any atom is -0.352 e. The summed E-state index contributed by atoms with van der Waals surface area (Å²) in [5.41, 5.74) is 4.06. The van der Waals surface area contributed by atoms with Crippen molar-refractivity contribution in [3.8, 4) is 0 Å². The fourth-order valence-electron chi connectivity index (χ4n) is 4.93. The number of piperidine rings is 1. The predicted octanol–water partition coefficient (Wildman–Crippen LogP) is 6.01. The highest BCUT2D eigenvalue weighted by Crippen LogP contribution is 2.26. The lowest BCUT2D eigenvalue weighted by Gasteiger charge is -2.31. The van der Waals surface area contributed by atoms with Crippen LogP contribution in [0.5, 0.6) is 0 Å². The molecule has 1 amide bonds. The molecule has 0 atom stereocenters. The van der Waals surface area contributed by atoms with E-state index in [0.717, 1.165) is 49.6 Å². The number of nitrogens with zero attached hydrogens (tertiary/aromatic N) is 2. The van der Waals surface area contributed by atoms with Crippen LogP contribution in [0.2, 0.25) is 5.02 Å². The molecular formula is C29H29ClFN3O. The number of aromatic nitrogens is 1. The molecule has 3 aromatic carbocycles. The van der Waals surface area contributed by atoms with Crippen LogP contribution in [0.4, 0.5) is 4.39 Å². The van der Waals surface area contributed by atoms with Crippen LogP contribution in [0.25, 0.3) is 10.9 Å². The average Bonchev–Trinajstić information content (AvgIpc) is 3.22. The molecule has 1 saturated heterocycles. The molecule has 0 spiro atoms. The number of amides is 1. The lowest BCUT2D eigenvalue weighted by molar-refractivity contribution is -0.126. The minimum absolute atomic E-state index is 0.0146. The number of hydrogen-bond donors (Lipinski definition) is 1. The van der Waals surface area contributed by atoms with E-state index in [2.05, 4.69) is 51.2 Å². The first-order valence-electron chi connectivity index (χ1n) is 12.1. The monoisotopic (exact) mass is 489 g/mol. The molecule has 180 valence electrons. The van der Waals surface area contributed by atoms with Gasteiger partial charge in [-0.2, -0.15) is 0 Å². The fraction of sp³-hybridized carbons (Fsp3) is 0.276. The summed E-state index contributed by atoms with van der Waals surface area (Å²) in [5, 5.41) is 4.92. The second-order valence-corrected chi connectivity index (χ2v) is 9.64. The number of carbonyl (C=O) groups excluding carboxylic acids is 1. The lowest BCUT2D eigenvalue weighted by Crippen LogP contribution is -2.40. The highest BCUT2D eigenvalue weighted by molar-refractivity contribution is 6.31. The van der Waals surface area contributed by atoms with Gasteiger partial charge >= 0.3 is 0 Å². The van der Waals surface area contributed by atoms with Crippen LogP contribution >= 0.6 is 11.6 Å². The van der Waals surface area contributed by atoms with Crippen molar-refractivity contribution in [2.24, 2.45) is 5.92 Å². The molecular weight excluding hydrogens is 461 g/mol. The first kappa shape index (κ1) is 23.6. The third-order valence-corrected chi connectivity index (χ3v) is 7.31. The standard InChI is InChI=1S/C29H29ClFN3O/c30-26-10-4-1-9-24(26)19-34-25(17-22-7-3-6-12-28(22)34)20-33-15-13-21(14-16-33)29(35)32-18-23-8-2-5-11-27(23)31/h1-12,17,21H,13-16,18-20H2,(H,32,35). The third-order valence-electron chi connectivity index (χ3n) is 6.94. The summed E-state index contributed by atoms with van der Waals surface area (Å²) in [7, 11) is 0. The van der Waals surface area contributed by atoms with E-state index in [1.165, 1.54) is 22.7 Å². The Balaban J connectivity index is 1.23. The number of hydrogen-bond acceptors (Lipinski definition) is 2. The largest absolute Gasteiger partial charge is 0.352 e. The Morgan fingerprint density at radius 1 is 0.914 bits per heavy atom. The van der Waals surface area contributed by atoms with E-state index in [-0.39, 0.29) is 24.2 Å². The first-order valence-corrected chi connectivity index (χ1v) is 12.5. The van der Waals surface area contributed by atoms with Gasteiger partial charge in [0.1, 0.15) is 5.82 Å². The van der Waals surface area contributed by atoms with Gasteiger partial charge in [-0.1, -0.05) is 66.2 Å². The van der Waals surface area contributed by atoms with Gasteiger partial charge in [0.2, 0.25) is 5.91 Å². The maximum Gasteiger partial charge on any atom is 0.223 e. The number of nitrogens with one attached hydrogen (secondary N) is 1. The van der Waals surface area contributed by atoms with Crippen LogP contribution in [-0.2, 0) is 24.4 Å². The van der Waals surface area contributed by atoms with Crippen molar-refractivity contribution in [1.82, 2.24) is 14.8 Å². The summed E-state index contributed by atoms with van der Waals surface area (Å²) in [6.45, 7) is 3.48. The van der Waals surface area contributed by atoms with Crippen molar-refractivity contribution in [1.29, 1.82) is 0 Å². The second kappa shape index (κ2) is 10.6. The molecule has 4 aromatic rings. The molecule has 0 aliphatic carbocycles. The second-order valence-electron chi connectivity index (χ2n) is 9.23. The van der Waals surface area contributed by atoms with E-state index in [1.807, 2.05) is 18.2 Å². The van der Waals surface area contributed by atoms with Crippen molar-refractivity contribution >= 4 is 28.4 Å². The Morgan fingerprint density at radius 3 is 2.37 bits per heavy atom. The van der Waals surface area contributed by atoms with E-state index in [1.54, 1.807) is 18.2 Å². The van der Waals surface area contributed by atoms with Crippen LogP contribution in [0, 0.1) is 11.7 Å². The van der Waals surface area contributed by atoms with Crippen molar-refractivity contribution < 1.29 is 9.18 Å². The van der Waals surface area contributed by atoms with Gasteiger partial charge in [0.05, 0.1) is 0 Å². The predicted molar refractivity (Wildman–Crippen MR) is 139 cm³/mol. The Morgan fingerprint density at radius 2 is 1.60 bits per heavy atom. The maximum atomic E-state index is 13.8. The van der Waals surface area contributed by atoms with E-state index in [0.29, 0.717) is 5.56 Å². The Kier molecular flexibility index (Phi) is 7.16. The van der Waals surface area contributed by atoms with Gasteiger partial charge in [0.25, 0.3) is 0 Å². The van der Waals surface area contributed by atoms with Gasteiger partial charge in [0, 0.05) is 47.3 Å². The molecule has 5 rings (SSSR count). The molecule has 4 nitrogen and oxygen atoms in total.